The number of thiazole rings is 1. The van der Waals surface area contributed by atoms with Crippen molar-refractivity contribution in [3.05, 3.63) is 18.2 Å². The van der Waals surface area contributed by atoms with Gasteiger partial charge < -0.3 is 15.4 Å². The number of methoxy groups -OCH3 is 1. The number of carbonyl (C=O) groups is 1. The third-order valence-electron chi connectivity index (χ3n) is 5.01. The molecule has 3 atom stereocenters. The summed E-state index contributed by atoms with van der Waals surface area (Å²) in [6, 6.07) is 6.26. The molecule has 1 aromatic heterocycles. The van der Waals surface area contributed by atoms with Crippen LogP contribution in [0.2, 0.25) is 0 Å². The van der Waals surface area contributed by atoms with Crippen LogP contribution in [0.25, 0.3) is 10.2 Å². The molecule has 5 nitrogen and oxygen atoms in total. The molecule has 2 N–H and O–H groups in total. The molecule has 122 valence electrons. The summed E-state index contributed by atoms with van der Waals surface area (Å²) in [5.41, 5.74) is 0.809. The number of benzene rings is 1. The molecule has 1 amide bonds. The lowest BCUT2D eigenvalue weighted by Crippen LogP contribution is -2.39. The maximum atomic E-state index is 12.6. The number of anilines is 1. The monoisotopic (exact) mass is 331 g/mol. The number of nitrogens with one attached hydrogen (secondary N) is 2. The minimum atomic E-state index is -0.0861. The van der Waals surface area contributed by atoms with E-state index in [0.29, 0.717) is 17.1 Å². The highest BCUT2D eigenvalue weighted by atomic mass is 32.1. The average Bonchev–Trinajstić information content (AvgIpc) is 3.17. The summed E-state index contributed by atoms with van der Waals surface area (Å²) in [5, 5.41) is 7.14. The molecule has 2 heterocycles. The summed E-state index contributed by atoms with van der Waals surface area (Å²) < 4.78 is 6.35. The van der Waals surface area contributed by atoms with Crippen LogP contribution in [0.5, 0.6) is 5.75 Å². The fraction of sp³-hybridized carbons (Fsp3) is 0.529. The van der Waals surface area contributed by atoms with E-state index in [0.717, 1.165) is 22.4 Å². The first kappa shape index (κ1) is 14.9. The topological polar surface area (TPSA) is 63.2 Å². The molecule has 4 rings (SSSR count). The van der Waals surface area contributed by atoms with Crippen molar-refractivity contribution < 1.29 is 9.53 Å². The van der Waals surface area contributed by atoms with Crippen LogP contribution in [-0.2, 0) is 4.79 Å². The summed E-state index contributed by atoms with van der Waals surface area (Å²) in [7, 11) is 1.64. The normalized spacial score (nSPS) is 26.9. The van der Waals surface area contributed by atoms with Crippen molar-refractivity contribution in [2.45, 2.75) is 44.2 Å². The van der Waals surface area contributed by atoms with Gasteiger partial charge in [0.15, 0.2) is 5.13 Å². The number of hydrogen-bond acceptors (Lipinski definition) is 5. The van der Waals surface area contributed by atoms with E-state index < -0.39 is 0 Å². The van der Waals surface area contributed by atoms with Crippen LogP contribution in [0.1, 0.15) is 32.1 Å². The Morgan fingerprint density at radius 3 is 3.09 bits per heavy atom. The second kappa shape index (κ2) is 6.09. The summed E-state index contributed by atoms with van der Waals surface area (Å²) >= 11 is 1.49. The van der Waals surface area contributed by atoms with Gasteiger partial charge in [-0.3, -0.25) is 4.79 Å². The van der Waals surface area contributed by atoms with Crippen molar-refractivity contribution >= 4 is 32.6 Å². The van der Waals surface area contributed by atoms with Crippen LogP contribution in [0, 0.1) is 5.92 Å². The van der Waals surface area contributed by atoms with Crippen LogP contribution in [0.15, 0.2) is 18.2 Å². The van der Waals surface area contributed by atoms with E-state index >= 15 is 0 Å². The molecule has 0 bridgehead atoms. The Hall–Kier alpha value is -1.66. The van der Waals surface area contributed by atoms with Crippen LogP contribution in [-0.4, -0.2) is 30.1 Å². The number of carbonyl (C=O) groups excluding carboxylic acids is 1. The zero-order chi connectivity index (χ0) is 15.8. The third kappa shape index (κ3) is 2.81. The zero-order valence-electron chi connectivity index (χ0n) is 13.2. The number of hydrogen-bond donors (Lipinski definition) is 2. The number of para-hydroxylation sites is 1. The molecule has 0 radical (unpaired) electrons. The largest absolute Gasteiger partial charge is 0.494 e. The first-order valence-corrected chi connectivity index (χ1v) is 9.06. The highest BCUT2D eigenvalue weighted by Gasteiger charge is 2.38. The second-order valence-corrected chi connectivity index (χ2v) is 7.45. The van der Waals surface area contributed by atoms with E-state index in [1.807, 2.05) is 18.2 Å². The van der Waals surface area contributed by atoms with Gasteiger partial charge in [-0.2, -0.15) is 0 Å². The van der Waals surface area contributed by atoms with Gasteiger partial charge in [0, 0.05) is 6.04 Å². The Morgan fingerprint density at radius 1 is 1.39 bits per heavy atom. The van der Waals surface area contributed by atoms with Crippen LogP contribution < -0.4 is 15.4 Å². The quantitative estimate of drug-likeness (QED) is 0.907. The van der Waals surface area contributed by atoms with Gasteiger partial charge in [-0.25, -0.2) is 4.98 Å². The number of aromatic nitrogens is 1. The predicted molar refractivity (Wildman–Crippen MR) is 92.1 cm³/mol. The molecule has 0 spiro atoms. The maximum absolute atomic E-state index is 12.6. The van der Waals surface area contributed by atoms with Gasteiger partial charge in [-0.15, -0.1) is 0 Å². The highest BCUT2D eigenvalue weighted by molar-refractivity contribution is 7.22. The van der Waals surface area contributed by atoms with E-state index in [9.17, 15) is 4.79 Å². The van der Waals surface area contributed by atoms with E-state index in [1.54, 1.807) is 7.11 Å². The maximum Gasteiger partial charge on any atom is 0.243 e. The average molecular weight is 331 g/mol. The molecule has 1 aromatic carbocycles. The van der Waals surface area contributed by atoms with Gasteiger partial charge in [-0.1, -0.05) is 30.2 Å². The number of nitrogens with zero attached hydrogens (tertiary/aromatic N) is 1. The van der Waals surface area contributed by atoms with Crippen molar-refractivity contribution in [2.75, 3.05) is 12.4 Å². The number of ether oxygens (including phenoxy) is 1. The molecule has 6 heteroatoms. The molecular formula is C17H21N3O2S. The van der Waals surface area contributed by atoms with E-state index in [4.69, 9.17) is 4.74 Å². The van der Waals surface area contributed by atoms with Crippen molar-refractivity contribution in [3.63, 3.8) is 0 Å². The molecule has 2 fully saturated rings. The van der Waals surface area contributed by atoms with Crippen LogP contribution >= 0.6 is 11.3 Å². The molecule has 1 saturated heterocycles. The number of rotatable bonds is 3. The molecule has 1 aliphatic heterocycles. The fourth-order valence-electron chi connectivity index (χ4n) is 3.86. The minimum absolute atomic E-state index is 0.0393. The van der Waals surface area contributed by atoms with Gasteiger partial charge in [0.1, 0.15) is 11.3 Å². The lowest BCUT2D eigenvalue weighted by molar-refractivity contribution is -0.117. The van der Waals surface area contributed by atoms with Gasteiger partial charge >= 0.3 is 0 Å². The molecule has 3 unspecified atom stereocenters. The molecule has 1 aliphatic carbocycles. The van der Waals surface area contributed by atoms with Crippen molar-refractivity contribution in [1.29, 1.82) is 0 Å². The number of fused-ring (bicyclic) bond motifs is 2. The minimum Gasteiger partial charge on any atom is -0.494 e. The van der Waals surface area contributed by atoms with E-state index in [2.05, 4.69) is 15.6 Å². The molecule has 2 aromatic rings. The summed E-state index contributed by atoms with van der Waals surface area (Å²) in [4.78, 5) is 17.1. The van der Waals surface area contributed by atoms with Crippen LogP contribution in [0.4, 0.5) is 5.13 Å². The number of amides is 1. The van der Waals surface area contributed by atoms with E-state index in [1.165, 1.54) is 37.0 Å². The SMILES string of the molecule is COc1cccc2sc(NC(=O)C3CC4CCCCC4N3)nc12. The smallest absolute Gasteiger partial charge is 0.243 e. The zero-order valence-corrected chi connectivity index (χ0v) is 14.0. The first-order valence-electron chi connectivity index (χ1n) is 8.25. The Balaban J connectivity index is 1.48. The standard InChI is InChI=1S/C17H21N3O2S/c1-22-13-7-4-8-14-15(13)19-17(23-14)20-16(21)12-9-10-5-2-3-6-11(10)18-12/h4,7-8,10-12,18H,2-3,5-6,9H2,1H3,(H,19,20,21). The van der Waals surface area contributed by atoms with Gasteiger partial charge in [0.2, 0.25) is 5.91 Å². The molecular weight excluding hydrogens is 310 g/mol. The van der Waals surface area contributed by atoms with Gasteiger partial charge in [0.25, 0.3) is 0 Å². The lowest BCUT2D eigenvalue weighted by atomic mass is 9.85. The van der Waals surface area contributed by atoms with Crippen molar-refractivity contribution in [1.82, 2.24) is 10.3 Å². The Labute approximate surface area is 139 Å². The molecule has 1 saturated carbocycles. The summed E-state index contributed by atoms with van der Waals surface area (Å²) in [6.07, 6.45) is 5.98. The van der Waals surface area contributed by atoms with Crippen molar-refractivity contribution in [2.24, 2.45) is 5.92 Å². The van der Waals surface area contributed by atoms with Crippen molar-refractivity contribution in [3.8, 4) is 5.75 Å². The molecule has 23 heavy (non-hydrogen) atoms. The molecule has 2 aliphatic rings. The van der Waals surface area contributed by atoms with Gasteiger partial charge in [-0.05, 0) is 37.3 Å². The second-order valence-electron chi connectivity index (χ2n) is 6.42. The van der Waals surface area contributed by atoms with Crippen LogP contribution in [0.3, 0.4) is 0 Å². The Morgan fingerprint density at radius 2 is 2.26 bits per heavy atom. The summed E-state index contributed by atoms with van der Waals surface area (Å²) in [6.45, 7) is 0. The Bertz CT molecular complexity index is 716. The van der Waals surface area contributed by atoms with Gasteiger partial charge in [0.05, 0.1) is 17.9 Å². The predicted octanol–water partition coefficient (Wildman–Crippen LogP) is 3.16. The van der Waals surface area contributed by atoms with E-state index in [-0.39, 0.29) is 11.9 Å². The summed E-state index contributed by atoms with van der Waals surface area (Å²) in [5.74, 6) is 1.44. The fourth-order valence-corrected chi connectivity index (χ4v) is 4.74. The highest BCUT2D eigenvalue weighted by Crippen LogP contribution is 2.35. The third-order valence-corrected chi connectivity index (χ3v) is 5.95. The first-order chi connectivity index (χ1) is 11.2. The Kier molecular flexibility index (Phi) is 3.95. The lowest BCUT2D eigenvalue weighted by Gasteiger charge is -2.24.